The van der Waals surface area contributed by atoms with E-state index in [1.54, 1.807) is 19.9 Å². The fourth-order valence-electron chi connectivity index (χ4n) is 4.26. The number of nitrogens with zero attached hydrogens (tertiary/aromatic N) is 3. The zero-order valence-corrected chi connectivity index (χ0v) is 20.4. The molecule has 1 atom stereocenters. The van der Waals surface area contributed by atoms with Gasteiger partial charge in [-0.3, -0.25) is 0 Å². The molecule has 1 aromatic carbocycles. The lowest BCUT2D eigenvalue weighted by Gasteiger charge is -2.24. The summed E-state index contributed by atoms with van der Waals surface area (Å²) in [7, 11) is -3.05. The Morgan fingerprint density at radius 3 is 2.50 bits per heavy atom. The van der Waals surface area contributed by atoms with Crippen molar-refractivity contribution in [3.8, 4) is 0 Å². The number of fused-ring (bicyclic) bond motifs is 1. The van der Waals surface area contributed by atoms with Crippen LogP contribution < -0.4 is 5.32 Å². The van der Waals surface area contributed by atoms with Crippen LogP contribution in [0.2, 0.25) is 5.15 Å². The van der Waals surface area contributed by atoms with Crippen molar-refractivity contribution in [2.24, 2.45) is 0 Å². The second-order valence-corrected chi connectivity index (χ2v) is 11.4. The summed E-state index contributed by atoms with van der Waals surface area (Å²) in [6.45, 7) is 3.97. The predicted octanol–water partition coefficient (Wildman–Crippen LogP) is 5.70. The molecule has 1 saturated heterocycles. The summed E-state index contributed by atoms with van der Waals surface area (Å²) in [6.07, 6.45) is 0.870. The highest BCUT2D eigenvalue weighted by molar-refractivity contribution is 7.91. The number of alkyl halides is 2. The van der Waals surface area contributed by atoms with Gasteiger partial charge in [-0.15, -0.1) is 0 Å². The van der Waals surface area contributed by atoms with Gasteiger partial charge in [0.25, 0.3) is 5.92 Å². The van der Waals surface area contributed by atoms with Gasteiger partial charge in [-0.25, -0.2) is 36.5 Å². The lowest BCUT2D eigenvalue weighted by Crippen LogP contribution is -2.22. The molecule has 1 aliphatic rings. The number of aromatic nitrogens is 3. The SMILES string of the molecule is Cc1nc(N[C@H](C)c2cccc(C(C)(F)F)c2F)c2cc(C3CCS(=O)(=O)CC3)c(Cl)nc2n1. The predicted molar refractivity (Wildman–Crippen MR) is 126 cm³/mol. The topological polar surface area (TPSA) is 84.8 Å². The van der Waals surface area contributed by atoms with Crippen LogP contribution in [-0.4, -0.2) is 34.9 Å². The number of pyridine rings is 1. The molecule has 0 amide bonds. The van der Waals surface area contributed by atoms with E-state index in [1.807, 2.05) is 0 Å². The minimum absolute atomic E-state index is 0.0723. The van der Waals surface area contributed by atoms with Gasteiger partial charge in [0.15, 0.2) is 5.65 Å². The highest BCUT2D eigenvalue weighted by Gasteiger charge is 2.31. The van der Waals surface area contributed by atoms with Gasteiger partial charge in [-0.1, -0.05) is 29.8 Å². The van der Waals surface area contributed by atoms with E-state index in [-0.39, 0.29) is 28.1 Å². The van der Waals surface area contributed by atoms with Crippen molar-refractivity contribution in [3.05, 3.63) is 57.8 Å². The molecule has 3 heterocycles. The average Bonchev–Trinajstić information content (AvgIpc) is 2.72. The lowest BCUT2D eigenvalue weighted by molar-refractivity contribution is 0.0136. The van der Waals surface area contributed by atoms with Crippen molar-refractivity contribution in [2.75, 3.05) is 16.8 Å². The Labute approximate surface area is 200 Å². The Balaban J connectivity index is 1.73. The van der Waals surface area contributed by atoms with Gasteiger partial charge in [0.1, 0.15) is 32.4 Å². The van der Waals surface area contributed by atoms with Crippen molar-refractivity contribution < 1.29 is 21.6 Å². The number of halogens is 4. The Bertz CT molecular complexity index is 1350. The maximum Gasteiger partial charge on any atom is 0.273 e. The van der Waals surface area contributed by atoms with Gasteiger partial charge in [0.2, 0.25) is 0 Å². The van der Waals surface area contributed by atoms with E-state index in [1.165, 1.54) is 12.1 Å². The van der Waals surface area contributed by atoms with E-state index in [9.17, 15) is 21.6 Å². The quantitative estimate of drug-likeness (QED) is 0.441. The maximum atomic E-state index is 14.9. The van der Waals surface area contributed by atoms with Crippen LogP contribution in [0.3, 0.4) is 0 Å². The van der Waals surface area contributed by atoms with Crippen LogP contribution in [0, 0.1) is 12.7 Å². The fourth-order valence-corrected chi connectivity index (χ4v) is 6.04. The molecule has 0 aliphatic carbocycles. The largest absolute Gasteiger partial charge is 0.363 e. The van der Waals surface area contributed by atoms with E-state index >= 15 is 0 Å². The Hall–Kier alpha value is -2.46. The molecule has 0 radical (unpaired) electrons. The Morgan fingerprint density at radius 1 is 1.18 bits per heavy atom. The fraction of sp³-hybridized carbons (Fsp3) is 0.435. The molecule has 0 bridgehead atoms. The number of rotatable bonds is 5. The molecule has 2 aromatic heterocycles. The maximum absolute atomic E-state index is 14.9. The van der Waals surface area contributed by atoms with Gasteiger partial charge in [0, 0.05) is 12.5 Å². The molecular weight excluding hydrogens is 489 g/mol. The molecule has 0 saturated carbocycles. The molecular formula is C23H24ClF3N4O2S. The third kappa shape index (κ3) is 4.98. The first-order valence-corrected chi connectivity index (χ1v) is 13.0. The molecule has 1 N–H and O–H groups in total. The van der Waals surface area contributed by atoms with Crippen LogP contribution in [-0.2, 0) is 15.8 Å². The Morgan fingerprint density at radius 2 is 1.85 bits per heavy atom. The van der Waals surface area contributed by atoms with Gasteiger partial charge >= 0.3 is 0 Å². The number of hydrogen-bond donors (Lipinski definition) is 1. The summed E-state index contributed by atoms with van der Waals surface area (Å²) in [5, 5.41) is 3.89. The number of sulfone groups is 1. The van der Waals surface area contributed by atoms with Crippen molar-refractivity contribution in [3.63, 3.8) is 0 Å². The van der Waals surface area contributed by atoms with Crippen LogP contribution in [0.15, 0.2) is 24.3 Å². The van der Waals surface area contributed by atoms with Gasteiger partial charge in [0.05, 0.1) is 28.5 Å². The molecule has 1 aliphatic heterocycles. The highest BCUT2D eigenvalue weighted by Crippen LogP contribution is 2.37. The summed E-state index contributed by atoms with van der Waals surface area (Å²) < 4.78 is 66.2. The summed E-state index contributed by atoms with van der Waals surface area (Å²) in [5.41, 5.74) is 0.424. The minimum Gasteiger partial charge on any atom is -0.363 e. The van der Waals surface area contributed by atoms with E-state index in [0.717, 1.165) is 6.07 Å². The second-order valence-electron chi connectivity index (χ2n) is 8.75. The van der Waals surface area contributed by atoms with E-state index in [4.69, 9.17) is 11.6 Å². The third-order valence-corrected chi connectivity index (χ3v) is 8.11. The van der Waals surface area contributed by atoms with Crippen LogP contribution in [0.1, 0.15) is 61.2 Å². The summed E-state index contributed by atoms with van der Waals surface area (Å²) in [6, 6.07) is 5.00. The second kappa shape index (κ2) is 8.96. The monoisotopic (exact) mass is 512 g/mol. The average molecular weight is 513 g/mol. The number of anilines is 1. The van der Waals surface area contributed by atoms with Crippen molar-refractivity contribution in [1.82, 2.24) is 15.0 Å². The first kappa shape index (κ1) is 24.7. The molecule has 182 valence electrons. The first-order chi connectivity index (χ1) is 15.9. The molecule has 3 aromatic rings. The van der Waals surface area contributed by atoms with Crippen LogP contribution >= 0.6 is 11.6 Å². The van der Waals surface area contributed by atoms with Crippen molar-refractivity contribution in [1.29, 1.82) is 0 Å². The van der Waals surface area contributed by atoms with Crippen molar-refractivity contribution in [2.45, 2.75) is 51.5 Å². The van der Waals surface area contributed by atoms with E-state index < -0.39 is 33.2 Å². The summed E-state index contributed by atoms with van der Waals surface area (Å²) in [5.74, 6) is -3.46. The molecule has 11 heteroatoms. The zero-order valence-electron chi connectivity index (χ0n) is 18.9. The van der Waals surface area contributed by atoms with Gasteiger partial charge in [-0.2, -0.15) is 0 Å². The van der Waals surface area contributed by atoms with E-state index in [2.05, 4.69) is 20.3 Å². The van der Waals surface area contributed by atoms with Crippen LogP contribution in [0.25, 0.3) is 11.0 Å². The molecule has 0 unspecified atom stereocenters. The van der Waals surface area contributed by atoms with E-state index in [0.29, 0.717) is 48.0 Å². The lowest BCUT2D eigenvalue weighted by atomic mass is 9.94. The van der Waals surface area contributed by atoms with Crippen LogP contribution in [0.5, 0.6) is 0 Å². The standard InChI is InChI=1S/C23H24ClF3N4O2S/c1-12(15-5-4-6-18(19(15)25)23(3,26)27)28-21-17-11-16(14-7-9-34(32,33)10-8-14)20(24)31-22(17)30-13(2)29-21/h4-6,11-12,14H,7-10H2,1-3H3,(H,28,29,30,31)/t12-/m1/s1. The summed E-state index contributed by atoms with van der Waals surface area (Å²) >= 11 is 6.43. The number of aryl methyl sites for hydroxylation is 1. The van der Waals surface area contributed by atoms with Crippen LogP contribution in [0.4, 0.5) is 19.0 Å². The molecule has 6 nitrogen and oxygen atoms in total. The van der Waals surface area contributed by atoms with Gasteiger partial charge in [-0.05, 0) is 44.2 Å². The number of benzene rings is 1. The molecule has 1 fully saturated rings. The smallest absolute Gasteiger partial charge is 0.273 e. The number of nitrogens with one attached hydrogen (secondary N) is 1. The Kier molecular flexibility index (Phi) is 6.50. The normalized spacial score (nSPS) is 17.6. The number of hydrogen-bond acceptors (Lipinski definition) is 6. The zero-order chi connectivity index (χ0) is 24.8. The van der Waals surface area contributed by atoms with Crippen molar-refractivity contribution >= 4 is 38.3 Å². The molecule has 34 heavy (non-hydrogen) atoms. The van der Waals surface area contributed by atoms with Gasteiger partial charge < -0.3 is 5.32 Å². The highest BCUT2D eigenvalue weighted by atomic mass is 35.5. The molecule has 4 rings (SSSR count). The molecule has 0 spiro atoms. The minimum atomic E-state index is -3.32. The first-order valence-electron chi connectivity index (χ1n) is 10.8. The third-order valence-electron chi connectivity index (χ3n) is 6.10. The summed E-state index contributed by atoms with van der Waals surface area (Å²) in [4.78, 5) is 13.2.